The Morgan fingerprint density at radius 3 is 0.826 bits per heavy atom. The first-order chi connectivity index (χ1) is 72.4. The zero-order chi connectivity index (χ0) is 110. The number of para-hydroxylation sites is 6. The quantitative estimate of drug-likeness (QED) is 0.160. The summed E-state index contributed by atoms with van der Waals surface area (Å²) in [7, 11) is 0. The maximum Gasteiger partial charge on any atom is 0.252 e. The summed E-state index contributed by atoms with van der Waals surface area (Å²) in [5, 5.41) is 5.45. The van der Waals surface area contributed by atoms with Gasteiger partial charge in [-0.2, -0.15) is 0 Å². The van der Waals surface area contributed by atoms with Gasteiger partial charge in [0.1, 0.15) is 0 Å². The molecule has 0 amide bonds. The number of benzene rings is 17. The first-order valence-electron chi connectivity index (χ1n) is 56.7. The van der Waals surface area contributed by atoms with Crippen LogP contribution in [0.4, 0.5) is 34.1 Å². The molecule has 0 radical (unpaired) electrons. The van der Waals surface area contributed by atoms with Crippen molar-refractivity contribution in [2.24, 2.45) is 0 Å². The Hall–Kier alpha value is -14.2. The van der Waals surface area contributed by atoms with E-state index in [4.69, 9.17) is 0 Å². The molecule has 0 atom stereocenters. The third-order valence-corrected chi connectivity index (χ3v) is 28.1. The lowest BCUT2D eigenvalue weighted by Crippen LogP contribution is -2.61. The maximum absolute atomic E-state index is 10.7. The predicted octanol–water partition coefficient (Wildman–Crippen LogP) is 33.1. The molecule has 0 N–H and O–H groups in total. The van der Waals surface area contributed by atoms with Gasteiger partial charge in [0.15, 0.2) is 0 Å². The highest BCUT2D eigenvalue weighted by atomic mass is 15.2. The van der Waals surface area contributed by atoms with Crippen LogP contribution in [0.5, 0.6) is 0 Å². The van der Waals surface area contributed by atoms with Gasteiger partial charge < -0.3 is 23.2 Å². The van der Waals surface area contributed by atoms with Crippen molar-refractivity contribution in [2.45, 2.75) is 157 Å². The second-order valence-corrected chi connectivity index (χ2v) is 42.5. The van der Waals surface area contributed by atoms with Crippen molar-refractivity contribution in [1.29, 1.82) is 0 Å². The molecule has 642 valence electrons. The number of nitrogens with zero attached hydrogens (tertiary/aromatic N) is 5. The minimum atomic E-state index is -1.16. The normalized spacial score (nSPS) is 15.8. The second-order valence-electron chi connectivity index (χ2n) is 42.5. The van der Waals surface area contributed by atoms with Gasteiger partial charge in [0, 0.05) is 87.7 Å². The number of anilines is 6. The van der Waals surface area contributed by atoms with E-state index in [-0.39, 0.29) is 94.0 Å². The lowest BCUT2D eigenvalue weighted by Gasteiger charge is -2.45. The largest absolute Gasteiger partial charge is 0.311 e. The lowest BCUT2D eigenvalue weighted by atomic mass is 9.33. The first kappa shape index (κ1) is 60.6. The van der Waals surface area contributed by atoms with Gasteiger partial charge in [-0.15, -0.1) is 0 Å². The fourth-order valence-electron chi connectivity index (χ4n) is 21.1. The zero-order valence-corrected chi connectivity index (χ0v) is 77.4. The van der Waals surface area contributed by atoms with Crippen LogP contribution >= 0.6 is 0 Å². The van der Waals surface area contributed by atoms with Crippen molar-refractivity contribution in [3.63, 3.8) is 0 Å². The number of hydrogen-bond acceptors (Lipinski definition) is 2. The van der Waals surface area contributed by atoms with E-state index in [1.807, 2.05) is 121 Å². The Bertz CT molecular complexity index is 9670. The molecule has 17 aromatic carbocycles. The smallest absolute Gasteiger partial charge is 0.252 e. The third kappa shape index (κ3) is 12.3. The van der Waals surface area contributed by atoms with Crippen molar-refractivity contribution in [1.82, 2.24) is 13.4 Å². The van der Waals surface area contributed by atoms with Gasteiger partial charge in [0.25, 0.3) is 6.71 Å². The molecule has 22 aromatic rings. The zero-order valence-electron chi connectivity index (χ0n) is 99.4. The first-order valence-corrected chi connectivity index (χ1v) is 45.7. The standard InChI is InChI=1S/C126H110BN5/c1-121(2,3)77-57-59-110(100(67-77)75-61-79(123(7,8)9)65-80(62-75)124(10,11)12)129-114-73-112-102(90-43-25-21-39-86(90)84-37-19-23-41-88(84)96-49-35-51-98-94-47-29-33-55-108(94)131(112)119(96)98)71-104(114)127-105-72-103-91-44-26-22-40-87(91)85-38-20-24-42-89(85)97-50-36-52-99-95-48-30-34-56-109(95)132(120(97)99)113(103)74-115(105)130(117-70-83(69-116(129)118(117)127)128-106-53-31-27-45-92(106)93-46-28-32-54-107(93)128)111-60-58-78(122(4,5)6)68-101(111)76-63-81(125(13,14)15)66-82(64-76)126(16,17)18/h19-74H,1-18H3/i27D,28D,29D,30D,31D,32D,33D,34D,35D,36D,45D,46D,47D,48D,49D,50D,51D,52D,53D,54D,55D,56D. The molecule has 0 saturated heterocycles. The number of aromatic nitrogens is 3. The van der Waals surface area contributed by atoms with E-state index in [0.717, 1.165) is 55.6 Å². The molecule has 132 heavy (non-hydrogen) atoms. The van der Waals surface area contributed by atoms with Crippen LogP contribution in [0.1, 0.15) is 188 Å². The topological polar surface area (TPSA) is 20.2 Å². The summed E-state index contributed by atoms with van der Waals surface area (Å²) in [6.07, 6.45) is 0. The van der Waals surface area contributed by atoms with Crippen LogP contribution in [0.3, 0.4) is 0 Å². The number of fused-ring (bicyclic) bond motifs is 27. The molecule has 0 saturated carbocycles. The number of rotatable bonds is 5. The maximum atomic E-state index is 10.7. The third-order valence-electron chi connectivity index (χ3n) is 28.1. The monoisotopic (exact) mass is 1730 g/mol. The Kier molecular flexibility index (Phi) is 13.2. The fraction of sp³-hybridized carbons (Fsp3) is 0.190. The van der Waals surface area contributed by atoms with Crippen LogP contribution in [-0.2, 0) is 32.5 Å². The molecule has 24 rings (SSSR count). The summed E-state index contributed by atoms with van der Waals surface area (Å²) >= 11 is 0. The van der Waals surface area contributed by atoms with Crippen molar-refractivity contribution in [2.75, 3.05) is 9.80 Å². The van der Waals surface area contributed by atoms with Crippen LogP contribution in [0.25, 0.3) is 169 Å². The minimum Gasteiger partial charge on any atom is -0.311 e. The van der Waals surface area contributed by atoms with Gasteiger partial charge in [-0.1, -0.05) is 391 Å². The van der Waals surface area contributed by atoms with E-state index in [1.54, 1.807) is 13.4 Å². The van der Waals surface area contributed by atoms with Crippen molar-refractivity contribution < 1.29 is 30.2 Å². The molecule has 0 unspecified atom stereocenters. The molecule has 2 aliphatic heterocycles. The summed E-state index contributed by atoms with van der Waals surface area (Å²) in [6.45, 7) is 38.1. The Balaban J connectivity index is 1.05. The Labute approximate surface area is 805 Å². The van der Waals surface area contributed by atoms with Gasteiger partial charge in [0.2, 0.25) is 0 Å². The van der Waals surface area contributed by atoms with Gasteiger partial charge in [-0.25, -0.2) is 0 Å². The average Bonchev–Trinajstić information content (AvgIpc) is 0.867. The Morgan fingerprint density at radius 2 is 0.500 bits per heavy atom. The van der Waals surface area contributed by atoms with Gasteiger partial charge in [0.05, 0.1) is 91.4 Å². The van der Waals surface area contributed by atoms with Crippen LogP contribution in [0.15, 0.2) is 339 Å². The average molecular weight is 1730 g/mol. The van der Waals surface area contributed by atoms with Gasteiger partial charge >= 0.3 is 0 Å². The SMILES string of the molecule is [2H]c1c([2H])c([2H])c2c(c1[2H])c1c([2H])c([2H])c([2H])c([2H])c1n2-c1cc2c3c(c1)N(c1ccc(C(C)(C)C)cc1-c1cc(C(C)(C)C)cc(C(C)(C)C)c1)c1cc4c(cc1B3c1cc3c5ccccc5c5ccccc5c5c([2H])c([2H])c([2H])c6c7c([2H])c([2H])c([2H])c([2H])c7n(c3cc1N2c1ccc(C(C)(C)C)cc1-c1cc(C(C)(C)C)cc(C(C)(C)C)c1)c56)c1ccccc1c1ccccc1c1c([2H])c([2H])c([2H])c2c3c([2H])c([2H])c([2H])c([2H])c3n4c12. The number of hydrogen-bond donors (Lipinski definition) is 0. The summed E-state index contributed by atoms with van der Waals surface area (Å²) < 4.78 is 229. The summed E-state index contributed by atoms with van der Waals surface area (Å²) in [5.41, 5.74) is 10.9. The van der Waals surface area contributed by atoms with E-state index in [0.29, 0.717) is 115 Å². The van der Waals surface area contributed by atoms with Crippen LogP contribution in [-0.4, -0.2) is 20.1 Å². The molecule has 6 heteroatoms. The molecular formula is C126H110BN5. The highest BCUT2D eigenvalue weighted by Gasteiger charge is 2.47. The predicted molar refractivity (Wildman–Crippen MR) is 572 cm³/mol. The molecule has 0 fully saturated rings. The minimum absolute atomic E-state index is 0.00962. The molecular weight excluding hydrogens is 1590 g/mol. The van der Waals surface area contributed by atoms with Crippen molar-refractivity contribution >= 4 is 198 Å². The molecule has 7 heterocycles. The highest BCUT2D eigenvalue weighted by Crippen LogP contribution is 2.55. The van der Waals surface area contributed by atoms with E-state index >= 15 is 0 Å². The van der Waals surface area contributed by atoms with E-state index in [2.05, 4.69) is 219 Å². The fourth-order valence-corrected chi connectivity index (χ4v) is 21.1. The molecule has 5 nitrogen and oxygen atoms in total. The van der Waals surface area contributed by atoms with E-state index in [1.165, 1.54) is 0 Å². The van der Waals surface area contributed by atoms with Crippen LogP contribution < -0.4 is 26.2 Å². The van der Waals surface area contributed by atoms with Gasteiger partial charge in [-0.3, -0.25) is 0 Å². The molecule has 0 bridgehead atoms. The van der Waals surface area contributed by atoms with Crippen LogP contribution in [0.2, 0.25) is 0 Å². The summed E-state index contributed by atoms with van der Waals surface area (Å²) in [5.74, 6) is 0. The highest BCUT2D eigenvalue weighted by molar-refractivity contribution is 7.00. The summed E-state index contributed by atoms with van der Waals surface area (Å²) in [6, 6.07) is 57.9. The van der Waals surface area contributed by atoms with Gasteiger partial charge in [-0.05, 0) is 209 Å². The van der Waals surface area contributed by atoms with E-state index < -0.39 is 160 Å². The second kappa shape index (κ2) is 28.7. The van der Waals surface area contributed by atoms with Crippen molar-refractivity contribution in [3.8, 4) is 27.9 Å². The van der Waals surface area contributed by atoms with Crippen molar-refractivity contribution in [3.05, 3.63) is 373 Å². The lowest BCUT2D eigenvalue weighted by molar-refractivity contribution is 0.568. The molecule has 0 spiro atoms. The van der Waals surface area contributed by atoms with E-state index in [9.17, 15) is 30.2 Å². The molecule has 5 aromatic heterocycles. The summed E-state index contributed by atoms with van der Waals surface area (Å²) in [4.78, 5) is 4.42. The molecule has 2 aliphatic rings. The Morgan fingerprint density at radius 1 is 0.220 bits per heavy atom. The van der Waals surface area contributed by atoms with Crippen LogP contribution in [0, 0.1) is 0 Å². The molecule has 0 aliphatic carbocycles.